The van der Waals surface area contributed by atoms with Crippen LogP contribution in [0.25, 0.3) is 0 Å². The maximum absolute atomic E-state index is 3.49. The molecule has 1 saturated carbocycles. The van der Waals surface area contributed by atoms with Crippen molar-refractivity contribution in [2.24, 2.45) is 0 Å². The van der Waals surface area contributed by atoms with Crippen LogP contribution < -0.4 is 5.32 Å². The van der Waals surface area contributed by atoms with Crippen LogP contribution in [0.5, 0.6) is 0 Å². The average molecular weight is 252 g/mol. The van der Waals surface area contributed by atoms with E-state index in [2.05, 4.69) is 41.6 Å². The van der Waals surface area contributed by atoms with Crippen LogP contribution in [-0.2, 0) is 6.54 Å². The third-order valence-corrected chi connectivity index (χ3v) is 4.27. The Hall–Kier alpha value is -0.380. The Bertz CT molecular complexity index is 306. The molecule has 0 bridgehead atoms. The van der Waals surface area contributed by atoms with Crippen LogP contribution in [0.15, 0.2) is 17.5 Å². The van der Waals surface area contributed by atoms with Crippen LogP contribution in [0.3, 0.4) is 0 Å². The topological polar surface area (TPSA) is 15.3 Å². The van der Waals surface area contributed by atoms with Gasteiger partial charge in [-0.3, -0.25) is 4.90 Å². The molecule has 17 heavy (non-hydrogen) atoms. The maximum Gasteiger partial charge on any atom is 0.0330 e. The highest BCUT2D eigenvalue weighted by molar-refractivity contribution is 7.09. The van der Waals surface area contributed by atoms with Crippen molar-refractivity contribution in [1.29, 1.82) is 0 Å². The number of rotatable bonds is 8. The Balaban J connectivity index is 1.77. The Morgan fingerprint density at radius 1 is 1.53 bits per heavy atom. The molecule has 2 rings (SSSR count). The van der Waals surface area contributed by atoms with Crippen LogP contribution in [0.4, 0.5) is 0 Å². The third kappa shape index (κ3) is 4.41. The second kappa shape index (κ2) is 6.53. The second-order valence-corrected chi connectivity index (χ2v) is 6.06. The maximum atomic E-state index is 3.49. The molecule has 0 spiro atoms. The molecule has 1 aliphatic carbocycles. The van der Waals surface area contributed by atoms with Gasteiger partial charge in [0, 0.05) is 30.1 Å². The van der Waals surface area contributed by atoms with Crippen molar-refractivity contribution in [2.45, 2.75) is 51.7 Å². The first kappa shape index (κ1) is 13.1. The average Bonchev–Trinajstić information content (AvgIpc) is 3.03. The first-order valence-corrected chi connectivity index (χ1v) is 7.67. The van der Waals surface area contributed by atoms with Gasteiger partial charge in [0.05, 0.1) is 0 Å². The van der Waals surface area contributed by atoms with Gasteiger partial charge in [-0.25, -0.2) is 0 Å². The van der Waals surface area contributed by atoms with Gasteiger partial charge < -0.3 is 5.32 Å². The first-order chi connectivity index (χ1) is 8.29. The van der Waals surface area contributed by atoms with Crippen LogP contribution in [0, 0.1) is 0 Å². The van der Waals surface area contributed by atoms with Crippen molar-refractivity contribution in [3.63, 3.8) is 0 Å². The van der Waals surface area contributed by atoms with Gasteiger partial charge in [-0.15, -0.1) is 11.3 Å². The number of thiophene rings is 1. The van der Waals surface area contributed by atoms with E-state index >= 15 is 0 Å². The largest absolute Gasteiger partial charge is 0.314 e. The summed E-state index contributed by atoms with van der Waals surface area (Å²) in [5.74, 6) is 0. The van der Waals surface area contributed by atoms with Crippen LogP contribution in [0.1, 0.15) is 38.0 Å². The van der Waals surface area contributed by atoms with Crippen molar-refractivity contribution < 1.29 is 0 Å². The van der Waals surface area contributed by atoms with E-state index in [0.717, 1.165) is 19.1 Å². The van der Waals surface area contributed by atoms with Gasteiger partial charge in [0.15, 0.2) is 0 Å². The number of nitrogens with one attached hydrogen (secondary N) is 1. The van der Waals surface area contributed by atoms with Crippen LogP contribution >= 0.6 is 11.3 Å². The monoisotopic (exact) mass is 252 g/mol. The highest BCUT2D eigenvalue weighted by Gasteiger charge is 2.28. The van der Waals surface area contributed by atoms with E-state index in [1.165, 1.54) is 30.7 Å². The summed E-state index contributed by atoms with van der Waals surface area (Å²) in [7, 11) is 0. The standard InChI is InChI=1S/C14H24N2S/c1-3-15-12(2)8-9-16(13-6-7-13)11-14-5-4-10-17-14/h4-5,10,12-13,15H,3,6-9,11H2,1-2H3. The quantitative estimate of drug-likeness (QED) is 0.765. The molecule has 1 aromatic rings. The summed E-state index contributed by atoms with van der Waals surface area (Å²) in [5.41, 5.74) is 0. The predicted molar refractivity (Wildman–Crippen MR) is 75.5 cm³/mol. The lowest BCUT2D eigenvalue weighted by Gasteiger charge is -2.23. The lowest BCUT2D eigenvalue weighted by atomic mass is 10.2. The van der Waals surface area contributed by atoms with E-state index in [-0.39, 0.29) is 0 Å². The SMILES string of the molecule is CCNC(C)CCN(Cc1cccs1)C1CC1. The van der Waals surface area contributed by atoms with Gasteiger partial charge in [-0.1, -0.05) is 13.0 Å². The summed E-state index contributed by atoms with van der Waals surface area (Å²) in [4.78, 5) is 4.17. The molecule has 0 amide bonds. The van der Waals surface area contributed by atoms with E-state index in [4.69, 9.17) is 0 Å². The van der Waals surface area contributed by atoms with Gasteiger partial charge in [0.1, 0.15) is 0 Å². The van der Waals surface area contributed by atoms with Crippen molar-refractivity contribution in [3.8, 4) is 0 Å². The molecular weight excluding hydrogens is 228 g/mol. The van der Waals surface area contributed by atoms with Crippen LogP contribution in [0.2, 0.25) is 0 Å². The summed E-state index contributed by atoms with van der Waals surface area (Å²) in [6.07, 6.45) is 4.07. The second-order valence-electron chi connectivity index (χ2n) is 5.03. The number of nitrogens with zero attached hydrogens (tertiary/aromatic N) is 1. The van der Waals surface area contributed by atoms with Crippen molar-refractivity contribution in [3.05, 3.63) is 22.4 Å². The van der Waals surface area contributed by atoms with Gasteiger partial charge >= 0.3 is 0 Å². The number of hydrogen-bond acceptors (Lipinski definition) is 3. The predicted octanol–water partition coefficient (Wildman–Crippen LogP) is 3.10. The molecule has 0 aliphatic heterocycles. The van der Waals surface area contributed by atoms with Crippen molar-refractivity contribution >= 4 is 11.3 Å². The Kier molecular flexibility index (Phi) is 5.01. The minimum Gasteiger partial charge on any atom is -0.314 e. The third-order valence-electron chi connectivity index (χ3n) is 3.40. The first-order valence-electron chi connectivity index (χ1n) is 6.79. The number of hydrogen-bond donors (Lipinski definition) is 1. The van der Waals surface area contributed by atoms with E-state index in [1.807, 2.05) is 11.3 Å². The zero-order chi connectivity index (χ0) is 12.1. The van der Waals surface area contributed by atoms with E-state index in [1.54, 1.807) is 0 Å². The molecule has 1 heterocycles. The van der Waals surface area contributed by atoms with Gasteiger partial charge in [-0.2, -0.15) is 0 Å². The molecule has 1 fully saturated rings. The molecule has 1 N–H and O–H groups in total. The summed E-state index contributed by atoms with van der Waals surface area (Å²) >= 11 is 1.88. The van der Waals surface area contributed by atoms with Gasteiger partial charge in [0.2, 0.25) is 0 Å². The molecule has 3 heteroatoms. The molecule has 2 nitrogen and oxygen atoms in total. The summed E-state index contributed by atoms with van der Waals surface area (Å²) in [6, 6.07) is 5.93. The van der Waals surface area contributed by atoms with Gasteiger partial charge in [-0.05, 0) is 44.2 Å². The summed E-state index contributed by atoms with van der Waals surface area (Å²) in [6.45, 7) is 7.94. The molecule has 1 unspecified atom stereocenters. The normalized spacial score (nSPS) is 17.6. The highest BCUT2D eigenvalue weighted by Crippen LogP contribution is 2.29. The fourth-order valence-electron chi connectivity index (χ4n) is 2.24. The fraction of sp³-hybridized carbons (Fsp3) is 0.714. The lowest BCUT2D eigenvalue weighted by Crippen LogP contribution is -2.33. The minimum absolute atomic E-state index is 0.643. The van der Waals surface area contributed by atoms with Crippen molar-refractivity contribution in [1.82, 2.24) is 10.2 Å². The van der Waals surface area contributed by atoms with E-state index in [0.29, 0.717) is 6.04 Å². The smallest absolute Gasteiger partial charge is 0.0330 e. The summed E-state index contributed by atoms with van der Waals surface area (Å²) < 4.78 is 0. The minimum atomic E-state index is 0.643. The molecule has 0 aromatic carbocycles. The lowest BCUT2D eigenvalue weighted by molar-refractivity contribution is 0.243. The molecular formula is C14H24N2S. The van der Waals surface area contributed by atoms with E-state index < -0.39 is 0 Å². The molecule has 0 radical (unpaired) electrons. The Labute approximate surface area is 109 Å². The van der Waals surface area contributed by atoms with Crippen molar-refractivity contribution in [2.75, 3.05) is 13.1 Å². The molecule has 1 aliphatic rings. The summed E-state index contributed by atoms with van der Waals surface area (Å²) in [5, 5.41) is 5.68. The highest BCUT2D eigenvalue weighted by atomic mass is 32.1. The molecule has 1 atom stereocenters. The molecule has 0 saturated heterocycles. The van der Waals surface area contributed by atoms with E-state index in [9.17, 15) is 0 Å². The Morgan fingerprint density at radius 2 is 2.35 bits per heavy atom. The zero-order valence-electron chi connectivity index (χ0n) is 11.0. The zero-order valence-corrected chi connectivity index (χ0v) is 11.8. The van der Waals surface area contributed by atoms with Gasteiger partial charge in [0.25, 0.3) is 0 Å². The Morgan fingerprint density at radius 3 is 2.94 bits per heavy atom. The fourth-order valence-corrected chi connectivity index (χ4v) is 2.97. The molecule has 1 aromatic heterocycles. The van der Waals surface area contributed by atoms with Crippen LogP contribution in [-0.4, -0.2) is 30.1 Å². The molecule has 96 valence electrons.